The molecular weight excluding hydrogens is 460 g/mol. The van der Waals surface area contributed by atoms with Crippen LogP contribution in [0.1, 0.15) is 29.9 Å². The number of aromatic nitrogens is 3. The van der Waals surface area contributed by atoms with Gasteiger partial charge in [0.1, 0.15) is 17.8 Å². The fraction of sp³-hybridized carbons (Fsp3) is 0.308. The predicted molar refractivity (Wildman–Crippen MR) is 136 cm³/mol. The number of aromatic amines is 1. The quantitative estimate of drug-likeness (QED) is 0.416. The van der Waals surface area contributed by atoms with Crippen molar-refractivity contribution in [2.24, 2.45) is 0 Å². The fourth-order valence-corrected chi connectivity index (χ4v) is 6.85. The summed E-state index contributed by atoms with van der Waals surface area (Å²) in [6.07, 6.45) is 5.13. The maximum atomic E-state index is 13.6. The molecule has 1 aliphatic heterocycles. The summed E-state index contributed by atoms with van der Waals surface area (Å²) < 4.78 is 31.8. The van der Waals surface area contributed by atoms with Gasteiger partial charge in [-0.15, -0.1) is 0 Å². The Morgan fingerprint density at radius 2 is 1.63 bits per heavy atom. The smallest absolute Gasteiger partial charge is 0.280 e. The third-order valence-electron chi connectivity index (χ3n) is 7.21. The summed E-state index contributed by atoms with van der Waals surface area (Å²) in [6.45, 7) is 1.95. The van der Waals surface area contributed by atoms with Gasteiger partial charge in [0.05, 0.1) is 10.9 Å². The number of nitrogens with one attached hydrogen (secondary N) is 2. The molecule has 180 valence electrons. The number of hydrogen-bond donors (Lipinski definition) is 2. The van der Waals surface area contributed by atoms with Crippen LogP contribution in [-0.4, -0.2) is 59.4 Å². The van der Waals surface area contributed by atoms with Crippen LogP contribution in [0.3, 0.4) is 0 Å². The normalized spacial score (nSPS) is 17.9. The summed E-state index contributed by atoms with van der Waals surface area (Å²) in [7, 11) is -3.66. The third kappa shape index (κ3) is 4.20. The van der Waals surface area contributed by atoms with Gasteiger partial charge in [-0.3, -0.25) is 0 Å². The lowest BCUT2D eigenvalue weighted by Crippen LogP contribution is -2.59. The summed E-state index contributed by atoms with van der Waals surface area (Å²) in [5.41, 5.74) is 2.59. The third-order valence-corrected chi connectivity index (χ3v) is 8.89. The van der Waals surface area contributed by atoms with Crippen molar-refractivity contribution in [3.63, 3.8) is 0 Å². The molecule has 1 spiro atoms. The van der Waals surface area contributed by atoms with E-state index in [1.807, 2.05) is 48.7 Å². The molecule has 0 amide bonds. The van der Waals surface area contributed by atoms with Crippen molar-refractivity contribution >= 4 is 27.1 Å². The lowest BCUT2D eigenvalue weighted by molar-refractivity contribution is 0.267. The SMILES string of the molecule is O=S(=O)(NCC(c1ccccc1)c1ccccc1)N1CCN(c2ncnc3[nH]ccc23)CC12CC2. The van der Waals surface area contributed by atoms with E-state index in [-0.39, 0.29) is 11.5 Å². The summed E-state index contributed by atoms with van der Waals surface area (Å²) >= 11 is 0. The highest BCUT2D eigenvalue weighted by atomic mass is 32.2. The van der Waals surface area contributed by atoms with Crippen LogP contribution in [0.2, 0.25) is 0 Å². The molecule has 0 radical (unpaired) electrons. The first kappa shape index (κ1) is 22.2. The molecule has 0 atom stereocenters. The van der Waals surface area contributed by atoms with E-state index in [4.69, 9.17) is 0 Å². The van der Waals surface area contributed by atoms with Crippen LogP contribution in [-0.2, 0) is 10.2 Å². The van der Waals surface area contributed by atoms with E-state index in [9.17, 15) is 8.42 Å². The van der Waals surface area contributed by atoms with Crippen LogP contribution in [0.25, 0.3) is 11.0 Å². The average molecular weight is 489 g/mol. The number of fused-ring (bicyclic) bond motifs is 1. The van der Waals surface area contributed by atoms with E-state index in [0.29, 0.717) is 26.2 Å². The van der Waals surface area contributed by atoms with Crippen molar-refractivity contribution in [2.45, 2.75) is 24.3 Å². The van der Waals surface area contributed by atoms with Crippen molar-refractivity contribution in [2.75, 3.05) is 31.1 Å². The molecule has 2 aromatic heterocycles. The molecular formula is C26H28N6O2S. The molecule has 1 saturated heterocycles. The molecule has 9 heteroatoms. The maximum absolute atomic E-state index is 13.6. The number of nitrogens with zero attached hydrogens (tertiary/aromatic N) is 4. The second-order valence-electron chi connectivity index (χ2n) is 9.38. The molecule has 3 heterocycles. The van der Waals surface area contributed by atoms with Crippen LogP contribution < -0.4 is 9.62 Å². The van der Waals surface area contributed by atoms with Crippen LogP contribution in [0.15, 0.2) is 79.3 Å². The van der Waals surface area contributed by atoms with E-state index >= 15 is 0 Å². The topological polar surface area (TPSA) is 94.2 Å². The largest absolute Gasteiger partial charge is 0.353 e. The Morgan fingerprint density at radius 1 is 0.943 bits per heavy atom. The van der Waals surface area contributed by atoms with E-state index in [2.05, 4.69) is 48.8 Å². The predicted octanol–water partition coefficient (Wildman–Crippen LogP) is 3.28. The Morgan fingerprint density at radius 3 is 2.29 bits per heavy atom. The van der Waals surface area contributed by atoms with Crippen molar-refractivity contribution in [1.29, 1.82) is 0 Å². The molecule has 1 saturated carbocycles. The van der Waals surface area contributed by atoms with Gasteiger partial charge in [-0.2, -0.15) is 12.7 Å². The number of piperazine rings is 1. The molecule has 2 aliphatic rings. The zero-order valence-electron chi connectivity index (χ0n) is 19.3. The summed E-state index contributed by atoms with van der Waals surface area (Å²) in [6, 6.07) is 22.1. The van der Waals surface area contributed by atoms with Gasteiger partial charge in [-0.1, -0.05) is 60.7 Å². The minimum atomic E-state index is -3.66. The second-order valence-corrected chi connectivity index (χ2v) is 11.1. The standard InChI is InChI=1S/C26H28N6O2S/c33-35(34,30-17-23(20-7-3-1-4-8-20)21-9-5-2-6-10-21)32-16-15-31(18-26(32)12-13-26)25-22-11-14-27-24(22)28-19-29-25/h1-11,14,19,23,30H,12-13,15-18H2,(H,27,28,29). The fourth-order valence-electron chi connectivity index (χ4n) is 5.25. The van der Waals surface area contributed by atoms with Gasteiger partial charge >= 0.3 is 0 Å². The molecule has 0 bridgehead atoms. The number of hydrogen-bond acceptors (Lipinski definition) is 5. The first-order valence-corrected chi connectivity index (χ1v) is 13.4. The summed E-state index contributed by atoms with van der Waals surface area (Å²) in [5, 5.41) is 0.964. The highest BCUT2D eigenvalue weighted by Crippen LogP contribution is 2.46. The van der Waals surface area contributed by atoms with Crippen LogP contribution in [0, 0.1) is 0 Å². The van der Waals surface area contributed by atoms with Crippen molar-refractivity contribution < 1.29 is 8.42 Å². The number of benzene rings is 2. The maximum Gasteiger partial charge on any atom is 0.280 e. The molecule has 8 nitrogen and oxygen atoms in total. The van der Waals surface area contributed by atoms with Crippen LogP contribution in [0.4, 0.5) is 5.82 Å². The van der Waals surface area contributed by atoms with Crippen LogP contribution >= 0.6 is 0 Å². The Labute approximate surface area is 205 Å². The molecule has 35 heavy (non-hydrogen) atoms. The van der Waals surface area contributed by atoms with Crippen molar-refractivity contribution in [3.8, 4) is 0 Å². The monoisotopic (exact) mass is 488 g/mol. The van der Waals surface area contributed by atoms with E-state index in [1.165, 1.54) is 0 Å². The molecule has 2 fully saturated rings. The zero-order chi connectivity index (χ0) is 23.9. The molecule has 2 aromatic carbocycles. The minimum absolute atomic E-state index is 0.0634. The van der Waals surface area contributed by atoms with Gasteiger partial charge in [0, 0.05) is 38.3 Å². The first-order chi connectivity index (χ1) is 17.1. The van der Waals surface area contributed by atoms with Gasteiger partial charge < -0.3 is 9.88 Å². The highest BCUT2D eigenvalue weighted by molar-refractivity contribution is 7.87. The Balaban J connectivity index is 1.21. The van der Waals surface area contributed by atoms with Gasteiger partial charge in [0.25, 0.3) is 10.2 Å². The average Bonchev–Trinajstić information content (AvgIpc) is 3.45. The van der Waals surface area contributed by atoms with Gasteiger partial charge in [-0.05, 0) is 30.0 Å². The zero-order valence-corrected chi connectivity index (χ0v) is 20.2. The van der Waals surface area contributed by atoms with Crippen molar-refractivity contribution in [1.82, 2.24) is 24.0 Å². The minimum Gasteiger partial charge on any atom is -0.353 e. The number of H-pyrrole nitrogens is 1. The molecule has 4 aromatic rings. The Hall–Kier alpha value is -3.27. The Bertz CT molecular complexity index is 1380. The number of rotatable bonds is 7. The summed E-state index contributed by atoms with van der Waals surface area (Å²) in [4.78, 5) is 14.1. The Kier molecular flexibility index (Phi) is 5.55. The molecule has 2 N–H and O–H groups in total. The van der Waals surface area contributed by atoms with Crippen molar-refractivity contribution in [3.05, 3.63) is 90.4 Å². The van der Waals surface area contributed by atoms with E-state index < -0.39 is 10.2 Å². The van der Waals surface area contributed by atoms with Gasteiger partial charge in [0.15, 0.2) is 0 Å². The first-order valence-electron chi connectivity index (χ1n) is 12.0. The summed E-state index contributed by atoms with van der Waals surface area (Å²) in [5.74, 6) is 0.798. The molecule has 6 rings (SSSR count). The highest BCUT2D eigenvalue weighted by Gasteiger charge is 2.56. The van der Waals surface area contributed by atoms with Gasteiger partial charge in [0.2, 0.25) is 0 Å². The second kappa shape index (κ2) is 8.75. The van der Waals surface area contributed by atoms with Gasteiger partial charge in [-0.25, -0.2) is 14.7 Å². The number of anilines is 1. The van der Waals surface area contributed by atoms with E-state index in [0.717, 1.165) is 40.8 Å². The molecule has 0 unspecified atom stereocenters. The lowest BCUT2D eigenvalue weighted by Gasteiger charge is -2.41. The lowest BCUT2D eigenvalue weighted by atomic mass is 9.92. The van der Waals surface area contributed by atoms with Crippen LogP contribution in [0.5, 0.6) is 0 Å². The molecule has 1 aliphatic carbocycles. The van der Waals surface area contributed by atoms with E-state index in [1.54, 1.807) is 10.6 Å².